The lowest BCUT2D eigenvalue weighted by Crippen LogP contribution is -2.13. The van der Waals surface area contributed by atoms with Crippen LogP contribution in [0.3, 0.4) is 0 Å². The highest BCUT2D eigenvalue weighted by Crippen LogP contribution is 2.40. The van der Waals surface area contributed by atoms with Crippen molar-refractivity contribution in [1.82, 2.24) is 4.98 Å². The highest BCUT2D eigenvalue weighted by molar-refractivity contribution is 7.14. The van der Waals surface area contributed by atoms with Gasteiger partial charge in [-0.1, -0.05) is 18.2 Å². The fourth-order valence-corrected chi connectivity index (χ4v) is 3.36. The van der Waals surface area contributed by atoms with Gasteiger partial charge in [0.15, 0.2) is 5.13 Å². The fraction of sp³-hybridized carbons (Fsp3) is 0.150. The number of carbonyl (C=O) groups is 2. The maximum Gasteiger partial charge on any atom is 0.257 e. The van der Waals surface area contributed by atoms with Crippen LogP contribution in [0, 0.1) is 0 Å². The minimum Gasteiger partial charge on any atom is -0.322 e. The summed E-state index contributed by atoms with van der Waals surface area (Å²) >= 11 is 1.45. The topological polar surface area (TPSA) is 71.1 Å². The molecule has 0 atom stereocenters. The number of rotatable bonds is 5. The molecule has 2 N–H and O–H groups in total. The van der Waals surface area contributed by atoms with Gasteiger partial charge in [-0.15, -0.1) is 11.3 Å². The minimum atomic E-state index is -0.206. The molecule has 5 nitrogen and oxygen atoms in total. The van der Waals surface area contributed by atoms with Crippen LogP contribution in [0.4, 0.5) is 10.8 Å². The molecule has 0 bridgehead atoms. The van der Waals surface area contributed by atoms with Crippen LogP contribution in [0.5, 0.6) is 0 Å². The van der Waals surface area contributed by atoms with Crippen LogP contribution >= 0.6 is 11.3 Å². The second-order valence-electron chi connectivity index (χ2n) is 6.20. The molecule has 3 aromatic rings. The van der Waals surface area contributed by atoms with Crippen LogP contribution in [0.15, 0.2) is 60.0 Å². The molecule has 1 fully saturated rings. The average molecular weight is 363 g/mol. The van der Waals surface area contributed by atoms with Crippen molar-refractivity contribution in [1.29, 1.82) is 0 Å². The Labute approximate surface area is 155 Å². The zero-order chi connectivity index (χ0) is 17.9. The summed E-state index contributed by atoms with van der Waals surface area (Å²) in [4.78, 5) is 28.9. The molecule has 1 aromatic heterocycles. The molecule has 0 unspecified atom stereocenters. The lowest BCUT2D eigenvalue weighted by Gasteiger charge is -2.06. The van der Waals surface area contributed by atoms with Crippen molar-refractivity contribution >= 4 is 34.0 Å². The van der Waals surface area contributed by atoms with Crippen LogP contribution in [-0.4, -0.2) is 16.8 Å². The minimum absolute atomic E-state index is 0.182. The van der Waals surface area contributed by atoms with Crippen LogP contribution in [0.2, 0.25) is 0 Å². The first-order valence-corrected chi connectivity index (χ1v) is 9.30. The number of amides is 2. The van der Waals surface area contributed by atoms with E-state index in [9.17, 15) is 9.59 Å². The third-order valence-electron chi connectivity index (χ3n) is 4.18. The molecular weight excluding hydrogens is 346 g/mol. The number of carbonyl (C=O) groups excluding carboxylic acids is 2. The molecule has 1 aliphatic carbocycles. The molecule has 1 saturated carbocycles. The van der Waals surface area contributed by atoms with Crippen molar-refractivity contribution in [3.63, 3.8) is 0 Å². The van der Waals surface area contributed by atoms with Crippen molar-refractivity contribution in [2.75, 3.05) is 10.6 Å². The third kappa shape index (κ3) is 3.81. The summed E-state index contributed by atoms with van der Waals surface area (Å²) in [5.41, 5.74) is 2.82. The molecule has 0 radical (unpaired) electrons. The van der Waals surface area contributed by atoms with E-state index in [-0.39, 0.29) is 11.8 Å². The van der Waals surface area contributed by atoms with Gasteiger partial charge >= 0.3 is 0 Å². The Balaban J connectivity index is 1.38. The molecule has 0 aliphatic heterocycles. The van der Waals surface area contributed by atoms with Crippen molar-refractivity contribution in [3.8, 4) is 0 Å². The smallest absolute Gasteiger partial charge is 0.257 e. The van der Waals surface area contributed by atoms with E-state index >= 15 is 0 Å². The molecule has 4 rings (SSSR count). The van der Waals surface area contributed by atoms with E-state index in [2.05, 4.69) is 15.6 Å². The van der Waals surface area contributed by atoms with E-state index in [1.807, 2.05) is 23.6 Å². The van der Waals surface area contributed by atoms with Gasteiger partial charge < -0.3 is 5.32 Å². The molecular formula is C20H17N3O2S. The largest absolute Gasteiger partial charge is 0.322 e. The Morgan fingerprint density at radius 3 is 2.23 bits per heavy atom. The summed E-state index contributed by atoms with van der Waals surface area (Å²) in [5, 5.41) is 8.28. The van der Waals surface area contributed by atoms with Gasteiger partial charge in [-0.05, 0) is 49.2 Å². The number of nitrogens with zero attached hydrogens (tertiary/aromatic N) is 1. The highest BCUT2D eigenvalue weighted by atomic mass is 32.1. The van der Waals surface area contributed by atoms with Gasteiger partial charge in [0.2, 0.25) is 0 Å². The van der Waals surface area contributed by atoms with E-state index in [0.717, 1.165) is 5.69 Å². The van der Waals surface area contributed by atoms with Crippen LogP contribution in [-0.2, 0) is 0 Å². The van der Waals surface area contributed by atoms with Crippen molar-refractivity contribution in [2.45, 2.75) is 18.8 Å². The van der Waals surface area contributed by atoms with Gasteiger partial charge in [-0.3, -0.25) is 14.9 Å². The number of hydrogen-bond donors (Lipinski definition) is 2. The Morgan fingerprint density at radius 1 is 0.885 bits per heavy atom. The lowest BCUT2D eigenvalue weighted by atomic mass is 10.1. The van der Waals surface area contributed by atoms with Gasteiger partial charge in [0.1, 0.15) is 0 Å². The predicted molar refractivity (Wildman–Crippen MR) is 103 cm³/mol. The van der Waals surface area contributed by atoms with Crippen LogP contribution in [0.1, 0.15) is 45.2 Å². The lowest BCUT2D eigenvalue weighted by molar-refractivity contribution is 0.102. The maximum atomic E-state index is 12.3. The van der Waals surface area contributed by atoms with Gasteiger partial charge in [0.25, 0.3) is 11.8 Å². The van der Waals surface area contributed by atoms with Crippen LogP contribution in [0.25, 0.3) is 0 Å². The molecule has 2 amide bonds. The normalized spacial score (nSPS) is 13.2. The van der Waals surface area contributed by atoms with Gasteiger partial charge in [0.05, 0.1) is 5.69 Å². The third-order valence-corrected chi connectivity index (χ3v) is 4.95. The second-order valence-corrected chi connectivity index (χ2v) is 7.06. The first-order chi connectivity index (χ1) is 12.7. The number of aromatic nitrogens is 1. The van der Waals surface area contributed by atoms with Crippen LogP contribution < -0.4 is 10.6 Å². The Bertz CT molecular complexity index is 931. The molecule has 6 heteroatoms. The number of hydrogen-bond acceptors (Lipinski definition) is 4. The number of anilines is 2. The van der Waals surface area contributed by atoms with E-state index < -0.39 is 0 Å². The van der Waals surface area contributed by atoms with Gasteiger partial charge in [0, 0.05) is 28.1 Å². The quantitative estimate of drug-likeness (QED) is 0.700. The second kappa shape index (κ2) is 7.09. The summed E-state index contributed by atoms with van der Waals surface area (Å²) in [6, 6.07) is 15.8. The standard InChI is InChI=1S/C20H17N3O2S/c24-18(14-4-2-1-3-5-14)21-16-10-8-15(9-11-16)19(25)23-20-22-17(12-26-20)13-6-7-13/h1-5,8-13H,6-7H2,(H,21,24)(H,22,23,25). The zero-order valence-corrected chi connectivity index (χ0v) is 14.8. The maximum absolute atomic E-state index is 12.3. The van der Waals surface area contributed by atoms with Crippen molar-refractivity contribution < 1.29 is 9.59 Å². The Hall–Kier alpha value is -2.99. The molecule has 1 heterocycles. The Kier molecular flexibility index (Phi) is 4.50. The average Bonchev–Trinajstić information content (AvgIpc) is 3.42. The predicted octanol–water partition coefficient (Wildman–Crippen LogP) is 4.53. The van der Waals surface area contributed by atoms with Gasteiger partial charge in [-0.25, -0.2) is 4.98 Å². The summed E-state index contributed by atoms with van der Waals surface area (Å²) in [6.45, 7) is 0. The molecule has 0 saturated heterocycles. The van der Waals surface area contributed by atoms with Crippen molar-refractivity contribution in [2.24, 2.45) is 0 Å². The first-order valence-electron chi connectivity index (χ1n) is 8.42. The highest BCUT2D eigenvalue weighted by Gasteiger charge is 2.26. The fourth-order valence-electron chi connectivity index (χ4n) is 2.58. The van der Waals surface area contributed by atoms with Gasteiger partial charge in [-0.2, -0.15) is 0 Å². The van der Waals surface area contributed by atoms with E-state index in [4.69, 9.17) is 0 Å². The molecule has 1 aliphatic rings. The van der Waals surface area contributed by atoms with E-state index in [1.54, 1.807) is 36.4 Å². The monoisotopic (exact) mass is 363 g/mol. The number of nitrogens with one attached hydrogen (secondary N) is 2. The zero-order valence-electron chi connectivity index (χ0n) is 13.9. The number of benzene rings is 2. The summed E-state index contributed by atoms with van der Waals surface area (Å²) in [5.74, 6) is 0.185. The summed E-state index contributed by atoms with van der Waals surface area (Å²) in [7, 11) is 0. The van der Waals surface area contributed by atoms with E-state index in [1.165, 1.54) is 24.2 Å². The SMILES string of the molecule is O=C(Nc1ccc(C(=O)Nc2nc(C3CC3)cs2)cc1)c1ccccc1. The summed E-state index contributed by atoms with van der Waals surface area (Å²) in [6.07, 6.45) is 2.38. The molecule has 130 valence electrons. The van der Waals surface area contributed by atoms with Crippen molar-refractivity contribution in [3.05, 3.63) is 76.8 Å². The first kappa shape index (κ1) is 16.5. The number of thiazole rings is 1. The van der Waals surface area contributed by atoms with E-state index in [0.29, 0.717) is 27.9 Å². The Morgan fingerprint density at radius 2 is 1.54 bits per heavy atom. The molecule has 2 aromatic carbocycles. The molecule has 0 spiro atoms. The summed E-state index contributed by atoms with van der Waals surface area (Å²) < 4.78 is 0. The molecule has 26 heavy (non-hydrogen) atoms.